The molecule has 1 aliphatic carbocycles. The van der Waals surface area contributed by atoms with Gasteiger partial charge in [-0.1, -0.05) is 146 Å². The summed E-state index contributed by atoms with van der Waals surface area (Å²) in [6, 6.07) is 69.2. The molecule has 0 N–H and O–H groups in total. The molecule has 264 valence electrons. The zero-order valence-corrected chi connectivity index (χ0v) is 30.9. The summed E-state index contributed by atoms with van der Waals surface area (Å²) in [4.78, 5) is 2.41. The summed E-state index contributed by atoms with van der Waals surface area (Å²) in [5.41, 5.74) is 10.7. The highest BCUT2D eigenvalue weighted by molar-refractivity contribution is 6.25. The van der Waals surface area contributed by atoms with Gasteiger partial charge in [-0.15, -0.1) is 0 Å². The van der Waals surface area contributed by atoms with E-state index < -0.39 is 0 Å². The second kappa shape index (κ2) is 13.3. The van der Waals surface area contributed by atoms with Crippen LogP contribution >= 0.6 is 0 Å². The fourth-order valence-electron chi connectivity index (χ4n) is 8.99. The van der Waals surface area contributed by atoms with Crippen molar-refractivity contribution in [1.29, 1.82) is 0 Å². The van der Waals surface area contributed by atoms with Crippen molar-refractivity contribution in [3.05, 3.63) is 218 Å². The standard InChI is InChI=1S/C54H38N2/c1-3-13-37(14-4-1)38-23-28-42(29-24-38)55(44-32-33-49-47-19-8-7-17-45(47)46-18-9-10-20-48(46)51(49)36-44)43-30-25-39(26-31-43)40-27-34-54-52(35-40)50-21-11-12-22-53(50)56(54)41-15-5-2-6-16-41/h1-13,15-37H,14H2. The average Bonchev–Trinajstić information content (AvgIpc) is 3.61. The van der Waals surface area contributed by atoms with Crippen molar-refractivity contribution in [1.82, 2.24) is 4.57 Å². The Labute approximate surface area is 326 Å². The number of hydrogen-bond acceptors (Lipinski definition) is 1. The number of hydrogen-bond donors (Lipinski definition) is 0. The molecule has 1 aromatic heterocycles. The Balaban J connectivity index is 1.04. The first-order valence-corrected chi connectivity index (χ1v) is 19.5. The van der Waals surface area contributed by atoms with Crippen LogP contribution in [-0.4, -0.2) is 4.57 Å². The summed E-state index contributed by atoms with van der Waals surface area (Å²) in [7, 11) is 0. The van der Waals surface area contributed by atoms with Crippen LogP contribution in [0.1, 0.15) is 17.9 Å². The molecule has 1 heterocycles. The third-order valence-corrected chi connectivity index (χ3v) is 11.7. The predicted octanol–water partition coefficient (Wildman–Crippen LogP) is 15.0. The van der Waals surface area contributed by atoms with Crippen molar-refractivity contribution < 1.29 is 0 Å². The van der Waals surface area contributed by atoms with Crippen LogP contribution in [-0.2, 0) is 0 Å². The van der Waals surface area contributed by atoms with E-state index in [1.165, 1.54) is 76.5 Å². The minimum atomic E-state index is 0.404. The van der Waals surface area contributed by atoms with Crippen molar-refractivity contribution in [2.75, 3.05) is 4.90 Å². The van der Waals surface area contributed by atoms with E-state index in [9.17, 15) is 0 Å². The fraction of sp³-hybridized carbons (Fsp3) is 0.0370. The lowest BCUT2D eigenvalue weighted by Crippen LogP contribution is -2.10. The van der Waals surface area contributed by atoms with Crippen LogP contribution in [0.5, 0.6) is 0 Å². The van der Waals surface area contributed by atoms with E-state index in [1.807, 2.05) is 0 Å². The molecular weight excluding hydrogens is 677 g/mol. The molecule has 0 spiro atoms. The van der Waals surface area contributed by atoms with Crippen LogP contribution in [0.2, 0.25) is 0 Å². The number of rotatable bonds is 6. The fourth-order valence-corrected chi connectivity index (χ4v) is 8.99. The molecule has 56 heavy (non-hydrogen) atoms. The molecule has 0 amide bonds. The van der Waals surface area contributed by atoms with Crippen molar-refractivity contribution >= 4 is 71.2 Å². The molecule has 1 unspecified atom stereocenters. The Hall–Kier alpha value is -7.16. The SMILES string of the molecule is C1=CCC(c2ccc(N(c3ccc(-c4ccc5c(c4)c4ccccc4n5-c4ccccc4)cc3)c3ccc4c5ccccc5c5ccccc5c4c3)cc2)C=C1. The first kappa shape index (κ1) is 32.3. The Morgan fingerprint density at radius 2 is 0.946 bits per heavy atom. The van der Waals surface area contributed by atoms with Crippen LogP contribution in [0.3, 0.4) is 0 Å². The normalized spacial score (nSPS) is 14.0. The number of fused-ring (bicyclic) bond motifs is 9. The minimum absolute atomic E-state index is 0.404. The zero-order valence-electron chi connectivity index (χ0n) is 30.9. The van der Waals surface area contributed by atoms with E-state index in [0.29, 0.717) is 5.92 Å². The maximum absolute atomic E-state index is 2.41. The maximum Gasteiger partial charge on any atom is 0.0541 e. The summed E-state index contributed by atoms with van der Waals surface area (Å²) >= 11 is 0. The van der Waals surface area contributed by atoms with Gasteiger partial charge in [0.1, 0.15) is 0 Å². The summed E-state index contributed by atoms with van der Waals surface area (Å²) in [5, 5.41) is 10.2. The predicted molar refractivity (Wildman–Crippen MR) is 239 cm³/mol. The van der Waals surface area contributed by atoms with E-state index in [1.54, 1.807) is 0 Å². The molecule has 9 aromatic carbocycles. The van der Waals surface area contributed by atoms with Crippen LogP contribution in [0.25, 0.3) is 70.9 Å². The van der Waals surface area contributed by atoms with Crippen molar-refractivity contribution in [2.45, 2.75) is 12.3 Å². The molecule has 0 fully saturated rings. The second-order valence-corrected chi connectivity index (χ2v) is 14.9. The first-order chi connectivity index (χ1) is 27.8. The lowest BCUT2D eigenvalue weighted by Gasteiger charge is -2.27. The van der Waals surface area contributed by atoms with E-state index in [2.05, 4.69) is 222 Å². The van der Waals surface area contributed by atoms with E-state index >= 15 is 0 Å². The summed E-state index contributed by atoms with van der Waals surface area (Å²) in [6.45, 7) is 0. The number of aromatic nitrogens is 1. The number of para-hydroxylation sites is 2. The molecule has 2 heteroatoms. The van der Waals surface area contributed by atoms with Gasteiger partial charge in [-0.3, -0.25) is 0 Å². The van der Waals surface area contributed by atoms with Crippen LogP contribution in [0.15, 0.2) is 212 Å². The Morgan fingerprint density at radius 1 is 0.393 bits per heavy atom. The summed E-state index contributed by atoms with van der Waals surface area (Å²) in [6.07, 6.45) is 9.91. The molecule has 0 saturated carbocycles. The van der Waals surface area contributed by atoms with Crippen LogP contribution in [0.4, 0.5) is 17.1 Å². The van der Waals surface area contributed by atoms with Gasteiger partial charge in [-0.05, 0) is 122 Å². The van der Waals surface area contributed by atoms with Crippen molar-refractivity contribution in [3.8, 4) is 16.8 Å². The molecule has 10 aromatic rings. The quantitative estimate of drug-likeness (QED) is 0.156. The van der Waals surface area contributed by atoms with Gasteiger partial charge in [0.2, 0.25) is 0 Å². The molecule has 11 rings (SSSR count). The van der Waals surface area contributed by atoms with Crippen LogP contribution < -0.4 is 4.90 Å². The topological polar surface area (TPSA) is 8.17 Å². The third-order valence-electron chi connectivity index (χ3n) is 11.7. The van der Waals surface area contributed by atoms with Gasteiger partial charge in [-0.25, -0.2) is 0 Å². The van der Waals surface area contributed by atoms with Crippen LogP contribution in [0, 0.1) is 0 Å². The number of nitrogens with zero attached hydrogens (tertiary/aromatic N) is 2. The van der Waals surface area contributed by atoms with Gasteiger partial charge in [-0.2, -0.15) is 0 Å². The molecule has 0 radical (unpaired) electrons. The molecule has 2 nitrogen and oxygen atoms in total. The summed E-state index contributed by atoms with van der Waals surface area (Å²) < 4.78 is 2.37. The number of anilines is 3. The average molecular weight is 715 g/mol. The van der Waals surface area contributed by atoms with Gasteiger partial charge in [0.25, 0.3) is 0 Å². The molecule has 0 bridgehead atoms. The Kier molecular flexibility index (Phi) is 7.67. The van der Waals surface area contributed by atoms with Gasteiger partial charge in [0.05, 0.1) is 11.0 Å². The van der Waals surface area contributed by atoms with Crippen molar-refractivity contribution in [3.63, 3.8) is 0 Å². The molecule has 0 saturated heterocycles. The van der Waals surface area contributed by atoms with Gasteiger partial charge >= 0.3 is 0 Å². The smallest absolute Gasteiger partial charge is 0.0541 e. The largest absolute Gasteiger partial charge is 0.310 e. The Morgan fingerprint density at radius 3 is 1.62 bits per heavy atom. The minimum Gasteiger partial charge on any atom is -0.310 e. The lowest BCUT2D eigenvalue weighted by molar-refractivity contribution is 0.854. The van der Waals surface area contributed by atoms with E-state index in [4.69, 9.17) is 0 Å². The molecular formula is C54H38N2. The van der Waals surface area contributed by atoms with Gasteiger partial charge in [0, 0.05) is 39.4 Å². The second-order valence-electron chi connectivity index (χ2n) is 14.9. The highest BCUT2D eigenvalue weighted by Gasteiger charge is 2.18. The van der Waals surface area contributed by atoms with Crippen molar-refractivity contribution in [2.24, 2.45) is 0 Å². The lowest BCUT2D eigenvalue weighted by atomic mass is 9.92. The molecule has 1 atom stereocenters. The van der Waals surface area contributed by atoms with E-state index in [0.717, 1.165) is 23.5 Å². The number of benzene rings is 9. The monoisotopic (exact) mass is 714 g/mol. The molecule has 0 aliphatic heterocycles. The molecule has 1 aliphatic rings. The summed E-state index contributed by atoms with van der Waals surface area (Å²) in [5.74, 6) is 0.404. The number of allylic oxidation sites excluding steroid dienone is 4. The highest BCUT2D eigenvalue weighted by atomic mass is 15.1. The highest BCUT2D eigenvalue weighted by Crippen LogP contribution is 2.42. The van der Waals surface area contributed by atoms with Gasteiger partial charge in [0.15, 0.2) is 0 Å². The Bertz CT molecular complexity index is 3110. The zero-order chi connectivity index (χ0) is 37.0. The first-order valence-electron chi connectivity index (χ1n) is 19.5. The third kappa shape index (κ3) is 5.33. The van der Waals surface area contributed by atoms with E-state index in [-0.39, 0.29) is 0 Å². The van der Waals surface area contributed by atoms with Gasteiger partial charge < -0.3 is 9.47 Å². The maximum atomic E-state index is 2.41.